The minimum Gasteiger partial charge on any atom is -0.397 e. The Hall–Kier alpha value is -2.73. The van der Waals surface area contributed by atoms with Crippen LogP contribution in [0.15, 0.2) is 42.9 Å². The SMILES string of the molecule is Nc1cccnc1-c1cc2c(N3CCCC(N)C3)ccnc2cn1. The molecule has 1 saturated heterocycles. The van der Waals surface area contributed by atoms with Gasteiger partial charge in [-0.25, -0.2) is 0 Å². The van der Waals surface area contributed by atoms with E-state index in [9.17, 15) is 0 Å². The normalized spacial score (nSPS) is 18.0. The first-order valence-electron chi connectivity index (χ1n) is 8.18. The molecule has 4 rings (SSSR count). The molecule has 4 N–H and O–H groups in total. The Morgan fingerprint density at radius 2 is 2.04 bits per heavy atom. The summed E-state index contributed by atoms with van der Waals surface area (Å²) in [5.74, 6) is 0. The number of hydrogen-bond acceptors (Lipinski definition) is 6. The van der Waals surface area contributed by atoms with Crippen LogP contribution in [0.5, 0.6) is 0 Å². The molecule has 0 aromatic carbocycles. The Morgan fingerprint density at radius 1 is 1.12 bits per heavy atom. The Bertz CT molecular complexity index is 878. The zero-order chi connectivity index (χ0) is 16.5. The maximum absolute atomic E-state index is 6.15. The van der Waals surface area contributed by atoms with Crippen molar-refractivity contribution in [2.75, 3.05) is 23.7 Å². The van der Waals surface area contributed by atoms with Crippen LogP contribution in [0.2, 0.25) is 0 Å². The average Bonchev–Trinajstić information content (AvgIpc) is 2.61. The second-order valence-corrected chi connectivity index (χ2v) is 6.21. The molecule has 1 atom stereocenters. The Morgan fingerprint density at radius 3 is 2.88 bits per heavy atom. The predicted molar refractivity (Wildman–Crippen MR) is 96.6 cm³/mol. The van der Waals surface area contributed by atoms with Crippen molar-refractivity contribution in [2.45, 2.75) is 18.9 Å². The molecule has 1 fully saturated rings. The van der Waals surface area contributed by atoms with Crippen LogP contribution in [-0.2, 0) is 0 Å². The molecule has 3 aromatic heterocycles. The van der Waals surface area contributed by atoms with Gasteiger partial charge >= 0.3 is 0 Å². The lowest BCUT2D eigenvalue weighted by Crippen LogP contribution is -2.42. The van der Waals surface area contributed by atoms with Gasteiger partial charge in [0.2, 0.25) is 0 Å². The van der Waals surface area contributed by atoms with Crippen molar-refractivity contribution in [2.24, 2.45) is 5.73 Å². The monoisotopic (exact) mass is 320 g/mol. The number of nitrogen functional groups attached to an aromatic ring is 1. The van der Waals surface area contributed by atoms with E-state index in [1.165, 1.54) is 0 Å². The Kier molecular flexibility index (Phi) is 3.74. The zero-order valence-corrected chi connectivity index (χ0v) is 13.4. The van der Waals surface area contributed by atoms with Crippen LogP contribution in [-0.4, -0.2) is 34.1 Å². The molecule has 1 aliphatic rings. The second-order valence-electron chi connectivity index (χ2n) is 6.21. The van der Waals surface area contributed by atoms with Gasteiger partial charge in [0.1, 0.15) is 5.69 Å². The number of pyridine rings is 3. The van der Waals surface area contributed by atoms with Crippen molar-refractivity contribution in [1.82, 2.24) is 15.0 Å². The van der Waals surface area contributed by atoms with Crippen LogP contribution in [0, 0.1) is 0 Å². The number of nitrogens with two attached hydrogens (primary N) is 2. The van der Waals surface area contributed by atoms with E-state index in [-0.39, 0.29) is 6.04 Å². The van der Waals surface area contributed by atoms with Gasteiger partial charge in [0.15, 0.2) is 0 Å². The van der Waals surface area contributed by atoms with Crippen LogP contribution in [0.3, 0.4) is 0 Å². The van der Waals surface area contributed by atoms with Crippen LogP contribution >= 0.6 is 0 Å². The summed E-state index contributed by atoms with van der Waals surface area (Å²) in [5, 5.41) is 1.06. The summed E-state index contributed by atoms with van der Waals surface area (Å²) >= 11 is 0. The van der Waals surface area contributed by atoms with E-state index in [2.05, 4.69) is 19.9 Å². The van der Waals surface area contributed by atoms with Crippen LogP contribution in [0.4, 0.5) is 11.4 Å². The molecule has 24 heavy (non-hydrogen) atoms. The van der Waals surface area contributed by atoms with E-state index in [0.29, 0.717) is 11.4 Å². The molecule has 1 aliphatic heterocycles. The van der Waals surface area contributed by atoms with E-state index in [0.717, 1.165) is 48.2 Å². The molecule has 1 unspecified atom stereocenters. The van der Waals surface area contributed by atoms with Gasteiger partial charge in [-0.15, -0.1) is 0 Å². The molecule has 6 heteroatoms. The molecular weight excluding hydrogens is 300 g/mol. The molecule has 3 aromatic rings. The Labute approximate surface area is 140 Å². The summed E-state index contributed by atoms with van der Waals surface area (Å²) in [7, 11) is 0. The van der Waals surface area contributed by atoms with E-state index in [1.807, 2.05) is 30.5 Å². The van der Waals surface area contributed by atoms with E-state index < -0.39 is 0 Å². The van der Waals surface area contributed by atoms with Crippen molar-refractivity contribution >= 4 is 22.3 Å². The van der Waals surface area contributed by atoms with Crippen LogP contribution < -0.4 is 16.4 Å². The van der Waals surface area contributed by atoms with Crippen LogP contribution in [0.1, 0.15) is 12.8 Å². The van der Waals surface area contributed by atoms with Crippen molar-refractivity contribution < 1.29 is 0 Å². The molecule has 0 amide bonds. The highest BCUT2D eigenvalue weighted by molar-refractivity contribution is 5.93. The standard InChI is InChI=1S/C18H20N6/c19-12-3-2-8-24(11-12)17-5-7-21-16-10-23-15(9-13(16)17)18-14(20)4-1-6-22-18/h1,4-7,9-10,12H,2-3,8,11,19-20H2. The highest BCUT2D eigenvalue weighted by Crippen LogP contribution is 2.31. The smallest absolute Gasteiger partial charge is 0.111 e. The highest BCUT2D eigenvalue weighted by Gasteiger charge is 2.19. The summed E-state index contributed by atoms with van der Waals surface area (Å²) in [6.45, 7) is 1.87. The molecule has 0 aliphatic carbocycles. The molecule has 0 bridgehead atoms. The summed E-state index contributed by atoms with van der Waals surface area (Å²) < 4.78 is 0. The van der Waals surface area contributed by atoms with Gasteiger partial charge in [-0.05, 0) is 37.1 Å². The van der Waals surface area contributed by atoms with Gasteiger partial charge in [-0.1, -0.05) is 0 Å². The minimum absolute atomic E-state index is 0.217. The van der Waals surface area contributed by atoms with Gasteiger partial charge in [0, 0.05) is 42.6 Å². The molecule has 4 heterocycles. The summed E-state index contributed by atoms with van der Waals surface area (Å²) in [6, 6.07) is 7.95. The first-order chi connectivity index (χ1) is 11.7. The fourth-order valence-electron chi connectivity index (χ4n) is 3.30. The third-order valence-corrected chi connectivity index (χ3v) is 4.48. The van der Waals surface area contributed by atoms with Crippen molar-refractivity contribution in [1.29, 1.82) is 0 Å². The number of aromatic nitrogens is 3. The number of rotatable bonds is 2. The highest BCUT2D eigenvalue weighted by atomic mass is 15.2. The number of hydrogen-bond donors (Lipinski definition) is 2. The molecule has 6 nitrogen and oxygen atoms in total. The van der Waals surface area contributed by atoms with Crippen molar-refractivity contribution in [3.05, 3.63) is 42.9 Å². The van der Waals surface area contributed by atoms with Gasteiger partial charge in [0.25, 0.3) is 0 Å². The van der Waals surface area contributed by atoms with Gasteiger partial charge in [0.05, 0.1) is 23.1 Å². The Balaban J connectivity index is 1.83. The third kappa shape index (κ3) is 2.65. The van der Waals surface area contributed by atoms with Crippen LogP contribution in [0.25, 0.3) is 22.3 Å². The quantitative estimate of drug-likeness (QED) is 0.752. The fourth-order valence-corrected chi connectivity index (χ4v) is 3.30. The lowest BCUT2D eigenvalue weighted by Gasteiger charge is -2.33. The average molecular weight is 320 g/mol. The maximum Gasteiger partial charge on any atom is 0.111 e. The molecule has 122 valence electrons. The number of fused-ring (bicyclic) bond motifs is 1. The maximum atomic E-state index is 6.15. The molecule has 0 saturated carbocycles. The van der Waals surface area contributed by atoms with E-state index in [1.54, 1.807) is 12.4 Å². The lowest BCUT2D eigenvalue weighted by molar-refractivity contribution is 0.507. The van der Waals surface area contributed by atoms with E-state index in [4.69, 9.17) is 11.5 Å². The molecule has 0 radical (unpaired) electrons. The number of piperidine rings is 1. The largest absolute Gasteiger partial charge is 0.397 e. The minimum atomic E-state index is 0.217. The first-order valence-corrected chi connectivity index (χ1v) is 8.18. The summed E-state index contributed by atoms with van der Waals surface area (Å²) in [4.78, 5) is 15.6. The van der Waals surface area contributed by atoms with Crippen molar-refractivity contribution in [3.8, 4) is 11.4 Å². The molecule has 0 spiro atoms. The van der Waals surface area contributed by atoms with Gasteiger partial charge in [-0.3, -0.25) is 15.0 Å². The fraction of sp³-hybridized carbons (Fsp3) is 0.278. The number of nitrogens with zero attached hydrogens (tertiary/aromatic N) is 4. The second kappa shape index (κ2) is 6.05. The molecular formula is C18H20N6. The topological polar surface area (TPSA) is 94.0 Å². The van der Waals surface area contributed by atoms with E-state index >= 15 is 0 Å². The predicted octanol–water partition coefficient (Wildman–Crippen LogP) is 2.20. The summed E-state index contributed by atoms with van der Waals surface area (Å²) in [6.07, 6.45) is 7.53. The lowest BCUT2D eigenvalue weighted by atomic mass is 10.0. The third-order valence-electron chi connectivity index (χ3n) is 4.48. The van der Waals surface area contributed by atoms with Crippen molar-refractivity contribution in [3.63, 3.8) is 0 Å². The zero-order valence-electron chi connectivity index (χ0n) is 13.4. The first kappa shape index (κ1) is 14.8. The number of anilines is 2. The van der Waals surface area contributed by atoms with Gasteiger partial charge < -0.3 is 16.4 Å². The summed E-state index contributed by atoms with van der Waals surface area (Å²) in [5.41, 5.74) is 16.3. The van der Waals surface area contributed by atoms with Gasteiger partial charge in [-0.2, -0.15) is 0 Å².